The molecule has 2 heterocycles. The number of rotatable bonds is 1. The van der Waals surface area contributed by atoms with Gasteiger partial charge in [0, 0.05) is 6.20 Å². The topological polar surface area (TPSA) is 80.0 Å². The molecule has 0 fully saturated rings. The fourth-order valence-corrected chi connectivity index (χ4v) is 1.03. The van der Waals surface area contributed by atoms with Gasteiger partial charge in [-0.3, -0.25) is 0 Å². The second kappa shape index (κ2) is 2.74. The van der Waals surface area contributed by atoms with Gasteiger partial charge in [-0.25, -0.2) is 24.9 Å². The summed E-state index contributed by atoms with van der Waals surface area (Å²) in [6.45, 7) is 0. The Bertz CT molecular complexity index is 450. The minimum absolute atomic E-state index is 0.491. The van der Waals surface area contributed by atoms with Crippen LogP contribution < -0.4 is 5.43 Å². The van der Waals surface area contributed by atoms with Crippen molar-refractivity contribution in [3.8, 4) is 0 Å². The molecule has 2 aromatic heterocycles. The van der Waals surface area contributed by atoms with Gasteiger partial charge in [-0.1, -0.05) is 0 Å². The zero-order valence-electron chi connectivity index (χ0n) is 6.51. The summed E-state index contributed by atoms with van der Waals surface area (Å²) in [6, 6.07) is 3.49. The largest absolute Gasteiger partial charge is 0.464 e. The van der Waals surface area contributed by atoms with Gasteiger partial charge in [-0.05, 0) is 12.1 Å². The van der Waals surface area contributed by atoms with Crippen LogP contribution >= 0.6 is 0 Å². The number of nitrogens with one attached hydrogen (secondary N) is 1. The van der Waals surface area contributed by atoms with Gasteiger partial charge in [-0.2, -0.15) is 0 Å². The number of nitrogens with zero attached hydrogens (tertiary/aromatic N) is 3. The predicted octanol–water partition coefficient (Wildman–Crippen LogP) is 0.653. The van der Waals surface area contributed by atoms with E-state index in [1.54, 1.807) is 18.3 Å². The number of imidazole rings is 1. The second-order valence-corrected chi connectivity index (χ2v) is 2.38. The summed E-state index contributed by atoms with van der Waals surface area (Å²) >= 11 is 0. The van der Waals surface area contributed by atoms with Crippen LogP contribution in [0.1, 0.15) is 0 Å². The lowest BCUT2D eigenvalue weighted by Crippen LogP contribution is -2.19. The summed E-state index contributed by atoms with van der Waals surface area (Å²) in [5, 5.41) is 8.46. The number of amides is 1. The predicted molar refractivity (Wildman–Crippen MR) is 44.9 cm³/mol. The Morgan fingerprint density at radius 1 is 1.54 bits per heavy atom. The van der Waals surface area contributed by atoms with Crippen LogP contribution in [0, 0.1) is 0 Å². The Hall–Kier alpha value is -2.11. The molecule has 0 aliphatic rings. The van der Waals surface area contributed by atoms with E-state index in [2.05, 4.69) is 15.4 Å². The molecule has 0 unspecified atom stereocenters. The molecule has 1 amide bonds. The number of hydrogen-bond donors (Lipinski definition) is 2. The molecule has 0 aromatic carbocycles. The van der Waals surface area contributed by atoms with Crippen molar-refractivity contribution in [3.63, 3.8) is 0 Å². The number of pyridine rings is 1. The first-order valence-corrected chi connectivity index (χ1v) is 3.55. The standard InChI is InChI=1S/C7H6N4O2/c12-7(13)10-11-4-9-5-2-1-3-8-6(5)11/h1-4,10H,(H,12,13). The number of hydrogen-bond acceptors (Lipinski definition) is 3. The van der Waals surface area contributed by atoms with Crippen molar-refractivity contribution in [2.45, 2.75) is 0 Å². The van der Waals surface area contributed by atoms with Crippen LogP contribution in [0.2, 0.25) is 0 Å². The van der Waals surface area contributed by atoms with Gasteiger partial charge in [0.1, 0.15) is 11.8 Å². The average molecular weight is 178 g/mol. The molecule has 0 saturated carbocycles. The van der Waals surface area contributed by atoms with Gasteiger partial charge in [0.05, 0.1) is 0 Å². The number of fused-ring (bicyclic) bond motifs is 1. The van der Waals surface area contributed by atoms with Crippen molar-refractivity contribution >= 4 is 17.3 Å². The maximum absolute atomic E-state index is 10.3. The van der Waals surface area contributed by atoms with E-state index >= 15 is 0 Å². The fourth-order valence-electron chi connectivity index (χ4n) is 1.03. The first-order valence-electron chi connectivity index (χ1n) is 3.55. The van der Waals surface area contributed by atoms with E-state index in [4.69, 9.17) is 5.11 Å². The summed E-state index contributed by atoms with van der Waals surface area (Å²) in [5.74, 6) is 0. The van der Waals surface area contributed by atoms with E-state index < -0.39 is 6.09 Å². The van der Waals surface area contributed by atoms with Crippen molar-refractivity contribution in [3.05, 3.63) is 24.7 Å². The van der Waals surface area contributed by atoms with E-state index in [-0.39, 0.29) is 0 Å². The fraction of sp³-hybridized carbons (Fsp3) is 0. The smallest absolute Gasteiger partial charge is 0.424 e. The molecule has 13 heavy (non-hydrogen) atoms. The zero-order valence-corrected chi connectivity index (χ0v) is 6.51. The Labute approximate surface area is 72.8 Å². The molecule has 66 valence electrons. The molecular formula is C7H6N4O2. The van der Waals surface area contributed by atoms with Crippen LogP contribution in [0.3, 0.4) is 0 Å². The van der Waals surface area contributed by atoms with Crippen molar-refractivity contribution in [2.24, 2.45) is 0 Å². The SMILES string of the molecule is O=C(O)Nn1cnc2cccnc21. The van der Waals surface area contributed by atoms with Crippen LogP contribution in [-0.2, 0) is 0 Å². The molecule has 2 rings (SSSR count). The molecule has 2 aromatic rings. The van der Waals surface area contributed by atoms with E-state index in [0.29, 0.717) is 11.2 Å². The van der Waals surface area contributed by atoms with Gasteiger partial charge in [0.15, 0.2) is 5.65 Å². The van der Waals surface area contributed by atoms with Crippen LogP contribution in [0.5, 0.6) is 0 Å². The first-order chi connectivity index (χ1) is 6.27. The summed E-state index contributed by atoms with van der Waals surface area (Å²) < 4.78 is 1.25. The lowest BCUT2D eigenvalue weighted by molar-refractivity contribution is 0.206. The highest BCUT2D eigenvalue weighted by Gasteiger charge is 2.03. The van der Waals surface area contributed by atoms with Gasteiger partial charge < -0.3 is 5.11 Å². The van der Waals surface area contributed by atoms with Crippen LogP contribution in [0.15, 0.2) is 24.7 Å². The molecule has 0 bridgehead atoms. The average Bonchev–Trinajstić information content (AvgIpc) is 2.48. The minimum atomic E-state index is -1.15. The molecule has 0 radical (unpaired) electrons. The number of carboxylic acid groups (broad SMARTS) is 1. The molecular weight excluding hydrogens is 172 g/mol. The third-order valence-corrected chi connectivity index (χ3v) is 1.52. The lowest BCUT2D eigenvalue weighted by Gasteiger charge is -1.99. The van der Waals surface area contributed by atoms with Crippen molar-refractivity contribution in [1.82, 2.24) is 14.6 Å². The summed E-state index contributed by atoms with van der Waals surface area (Å²) in [6.07, 6.45) is 1.79. The molecule has 0 spiro atoms. The molecule has 0 atom stereocenters. The van der Waals surface area contributed by atoms with Gasteiger partial charge in [0.2, 0.25) is 0 Å². The number of carbonyl (C=O) groups is 1. The highest BCUT2D eigenvalue weighted by Crippen LogP contribution is 2.05. The van der Waals surface area contributed by atoms with E-state index in [9.17, 15) is 4.79 Å². The quantitative estimate of drug-likeness (QED) is 0.671. The third-order valence-electron chi connectivity index (χ3n) is 1.52. The normalized spacial score (nSPS) is 10.2. The maximum Gasteiger partial charge on any atom is 0.424 e. The van der Waals surface area contributed by atoms with E-state index in [0.717, 1.165) is 0 Å². The van der Waals surface area contributed by atoms with E-state index in [1.807, 2.05) is 0 Å². The van der Waals surface area contributed by atoms with Crippen molar-refractivity contribution in [2.75, 3.05) is 5.43 Å². The summed E-state index contributed by atoms with van der Waals surface area (Å²) in [5.41, 5.74) is 3.28. The highest BCUT2D eigenvalue weighted by atomic mass is 16.4. The summed E-state index contributed by atoms with van der Waals surface area (Å²) in [7, 11) is 0. The number of aromatic nitrogens is 3. The van der Waals surface area contributed by atoms with Gasteiger partial charge in [-0.15, -0.1) is 0 Å². The van der Waals surface area contributed by atoms with Crippen molar-refractivity contribution < 1.29 is 9.90 Å². The van der Waals surface area contributed by atoms with Crippen molar-refractivity contribution in [1.29, 1.82) is 0 Å². The molecule has 0 aliphatic heterocycles. The second-order valence-electron chi connectivity index (χ2n) is 2.38. The van der Waals surface area contributed by atoms with Crippen LogP contribution in [-0.4, -0.2) is 25.8 Å². The zero-order chi connectivity index (χ0) is 9.26. The highest BCUT2D eigenvalue weighted by molar-refractivity contribution is 5.77. The molecule has 2 N–H and O–H groups in total. The van der Waals surface area contributed by atoms with Gasteiger partial charge >= 0.3 is 6.09 Å². The lowest BCUT2D eigenvalue weighted by atomic mass is 10.4. The Morgan fingerprint density at radius 2 is 2.38 bits per heavy atom. The van der Waals surface area contributed by atoms with Crippen LogP contribution in [0.4, 0.5) is 4.79 Å². The Balaban J connectivity index is 2.51. The Morgan fingerprint density at radius 3 is 3.15 bits per heavy atom. The maximum atomic E-state index is 10.3. The molecule has 0 saturated heterocycles. The minimum Gasteiger partial charge on any atom is -0.464 e. The third kappa shape index (κ3) is 1.28. The van der Waals surface area contributed by atoms with E-state index in [1.165, 1.54) is 11.0 Å². The monoisotopic (exact) mass is 178 g/mol. The molecule has 0 aliphatic carbocycles. The van der Waals surface area contributed by atoms with Gasteiger partial charge in [0.25, 0.3) is 0 Å². The Kier molecular flexibility index (Phi) is 1.59. The molecule has 6 heteroatoms. The molecule has 6 nitrogen and oxygen atoms in total. The first kappa shape index (κ1) is 7.53. The summed E-state index contributed by atoms with van der Waals surface area (Å²) in [4.78, 5) is 18.2. The van der Waals surface area contributed by atoms with Crippen LogP contribution in [0.25, 0.3) is 11.2 Å².